The van der Waals surface area contributed by atoms with Crippen LogP contribution in [0.2, 0.25) is 0 Å². The van der Waals surface area contributed by atoms with Crippen LogP contribution in [-0.4, -0.2) is 51.0 Å². The van der Waals surface area contributed by atoms with Gasteiger partial charge >= 0.3 is 0 Å². The Balaban J connectivity index is 2.08. The van der Waals surface area contributed by atoms with Gasteiger partial charge in [-0.2, -0.15) is 9.57 Å². The van der Waals surface area contributed by atoms with Crippen molar-refractivity contribution in [2.75, 3.05) is 27.3 Å². The zero-order valence-electron chi connectivity index (χ0n) is 17.8. The van der Waals surface area contributed by atoms with Crippen LogP contribution >= 0.6 is 0 Å². The average Bonchev–Trinajstić information content (AvgIpc) is 3.19. The minimum absolute atomic E-state index is 0.0594. The van der Waals surface area contributed by atoms with Gasteiger partial charge in [0.15, 0.2) is 6.19 Å². The zero-order chi connectivity index (χ0) is 21.9. The summed E-state index contributed by atoms with van der Waals surface area (Å²) >= 11 is 0. The van der Waals surface area contributed by atoms with Crippen molar-refractivity contribution in [2.24, 2.45) is 0 Å². The molecular weight excluding hydrogens is 402 g/mol. The van der Waals surface area contributed by atoms with Crippen molar-refractivity contribution >= 4 is 10.0 Å². The van der Waals surface area contributed by atoms with Crippen LogP contribution in [0.5, 0.6) is 11.5 Å². The van der Waals surface area contributed by atoms with Crippen molar-refractivity contribution in [3.63, 3.8) is 0 Å². The van der Waals surface area contributed by atoms with Crippen LogP contribution in [0.15, 0.2) is 41.3 Å². The topological polar surface area (TPSA) is 82.9 Å². The maximum atomic E-state index is 13.8. The highest BCUT2D eigenvalue weighted by Crippen LogP contribution is 2.34. The molecule has 0 radical (unpaired) electrons. The molecular formula is C22H27N3O4S. The third-order valence-corrected chi connectivity index (χ3v) is 7.21. The SMILES string of the molecule is COc1ccc(OC)c(S(=O)(=O)N(Cc2cc(C)cc(C)c2)C2CCN(C#N)C2)c1. The lowest BCUT2D eigenvalue weighted by Gasteiger charge is -2.29. The normalized spacial score (nSPS) is 16.5. The quantitative estimate of drug-likeness (QED) is 0.629. The zero-order valence-corrected chi connectivity index (χ0v) is 18.6. The first-order valence-corrected chi connectivity index (χ1v) is 11.2. The standard InChI is InChI=1S/C22H27N3O4S/c1-16-9-17(2)11-18(10-16)13-25(19-7-8-24(14-19)15-23)30(26,27)22-12-20(28-3)5-6-21(22)29-4/h5-6,9-12,19H,7-8,13-14H2,1-4H3. The van der Waals surface area contributed by atoms with Gasteiger partial charge in [0.2, 0.25) is 10.0 Å². The highest BCUT2D eigenvalue weighted by molar-refractivity contribution is 7.89. The summed E-state index contributed by atoms with van der Waals surface area (Å²) in [6.45, 7) is 5.11. The lowest BCUT2D eigenvalue weighted by atomic mass is 10.1. The summed E-state index contributed by atoms with van der Waals surface area (Å²) in [6, 6.07) is 10.5. The first-order valence-electron chi connectivity index (χ1n) is 9.74. The molecule has 8 heteroatoms. The summed E-state index contributed by atoms with van der Waals surface area (Å²) < 4.78 is 39.7. The van der Waals surface area contributed by atoms with Crippen LogP contribution in [0.25, 0.3) is 0 Å². The molecule has 0 N–H and O–H groups in total. The van der Waals surface area contributed by atoms with Gasteiger partial charge < -0.3 is 14.4 Å². The highest BCUT2D eigenvalue weighted by Gasteiger charge is 2.37. The van der Waals surface area contributed by atoms with E-state index in [-0.39, 0.29) is 23.2 Å². The van der Waals surface area contributed by atoms with Gasteiger partial charge in [0.05, 0.1) is 14.2 Å². The summed E-state index contributed by atoms with van der Waals surface area (Å²) in [6.07, 6.45) is 2.72. The van der Waals surface area contributed by atoms with E-state index in [1.165, 1.54) is 24.6 Å². The molecule has 1 unspecified atom stereocenters. The number of hydrogen-bond acceptors (Lipinski definition) is 6. The Kier molecular flexibility index (Phi) is 6.54. The summed E-state index contributed by atoms with van der Waals surface area (Å²) in [5, 5.41) is 9.27. The Hall–Kier alpha value is -2.76. The Morgan fingerprint density at radius 3 is 2.40 bits per heavy atom. The number of likely N-dealkylation sites (tertiary alicyclic amines) is 1. The molecule has 3 rings (SSSR count). The van der Waals surface area contributed by atoms with Gasteiger partial charge in [-0.05, 0) is 38.0 Å². The van der Waals surface area contributed by atoms with E-state index in [0.29, 0.717) is 25.3 Å². The number of benzene rings is 2. The first kappa shape index (κ1) is 21.9. The lowest BCUT2D eigenvalue weighted by Crippen LogP contribution is -2.41. The molecule has 1 atom stereocenters. The van der Waals surface area contributed by atoms with Crippen molar-refractivity contribution in [1.82, 2.24) is 9.21 Å². The van der Waals surface area contributed by atoms with Crippen LogP contribution in [0.4, 0.5) is 0 Å². The molecule has 1 aliphatic rings. The molecule has 0 aliphatic carbocycles. The maximum absolute atomic E-state index is 13.8. The number of methoxy groups -OCH3 is 2. The Morgan fingerprint density at radius 2 is 1.83 bits per heavy atom. The third-order valence-electron chi connectivity index (χ3n) is 5.29. The first-order chi connectivity index (χ1) is 14.3. The summed E-state index contributed by atoms with van der Waals surface area (Å²) in [7, 11) is -0.983. The molecule has 2 aromatic rings. The minimum atomic E-state index is -3.92. The molecule has 0 saturated carbocycles. The van der Waals surface area contributed by atoms with E-state index < -0.39 is 10.0 Å². The van der Waals surface area contributed by atoms with Crippen LogP contribution in [-0.2, 0) is 16.6 Å². The fraction of sp³-hybridized carbons (Fsp3) is 0.409. The van der Waals surface area contributed by atoms with Gasteiger partial charge in [0.1, 0.15) is 16.4 Å². The molecule has 30 heavy (non-hydrogen) atoms. The van der Waals surface area contributed by atoms with Crippen LogP contribution < -0.4 is 9.47 Å². The highest BCUT2D eigenvalue weighted by atomic mass is 32.2. The van der Waals surface area contributed by atoms with Crippen molar-refractivity contribution < 1.29 is 17.9 Å². The Labute approximate surface area is 178 Å². The largest absolute Gasteiger partial charge is 0.497 e. The molecule has 7 nitrogen and oxygen atoms in total. The number of ether oxygens (including phenoxy) is 2. The van der Waals surface area contributed by atoms with E-state index in [4.69, 9.17) is 9.47 Å². The van der Waals surface area contributed by atoms with Crippen LogP contribution in [0, 0.1) is 25.3 Å². The summed E-state index contributed by atoms with van der Waals surface area (Å²) in [5.41, 5.74) is 3.06. The fourth-order valence-electron chi connectivity index (χ4n) is 3.93. The lowest BCUT2D eigenvalue weighted by molar-refractivity contribution is 0.311. The van der Waals surface area contributed by atoms with Crippen LogP contribution in [0.3, 0.4) is 0 Å². The van der Waals surface area contributed by atoms with Crippen molar-refractivity contribution in [1.29, 1.82) is 5.26 Å². The van der Waals surface area contributed by atoms with Gasteiger partial charge in [0, 0.05) is 31.7 Å². The number of aryl methyl sites for hydroxylation is 2. The monoisotopic (exact) mass is 429 g/mol. The Bertz CT molecular complexity index is 1040. The van der Waals surface area contributed by atoms with Gasteiger partial charge in [-0.15, -0.1) is 0 Å². The van der Waals surface area contributed by atoms with Crippen molar-refractivity contribution in [3.8, 4) is 17.7 Å². The molecule has 0 aromatic heterocycles. The van der Waals surface area contributed by atoms with Crippen LogP contribution in [0.1, 0.15) is 23.1 Å². The average molecular weight is 430 g/mol. The van der Waals surface area contributed by atoms with Crippen molar-refractivity contribution in [3.05, 3.63) is 53.1 Å². The maximum Gasteiger partial charge on any atom is 0.247 e. The Morgan fingerprint density at radius 1 is 1.13 bits per heavy atom. The molecule has 0 spiro atoms. The van der Waals surface area contributed by atoms with Crippen molar-refractivity contribution in [2.45, 2.75) is 37.8 Å². The molecule has 1 aliphatic heterocycles. The van der Waals surface area contributed by atoms with E-state index in [2.05, 4.69) is 12.3 Å². The predicted octanol–water partition coefficient (Wildman–Crippen LogP) is 3.07. The van der Waals surface area contributed by atoms with Gasteiger partial charge in [0.25, 0.3) is 0 Å². The number of hydrogen-bond donors (Lipinski definition) is 0. The molecule has 0 amide bonds. The van der Waals surface area contributed by atoms with E-state index in [9.17, 15) is 13.7 Å². The fourth-order valence-corrected chi connectivity index (χ4v) is 5.74. The summed E-state index contributed by atoms with van der Waals surface area (Å²) in [5.74, 6) is 0.696. The second kappa shape index (κ2) is 8.94. The summed E-state index contributed by atoms with van der Waals surface area (Å²) in [4.78, 5) is 1.65. The minimum Gasteiger partial charge on any atom is -0.497 e. The van der Waals surface area contributed by atoms with Gasteiger partial charge in [-0.3, -0.25) is 0 Å². The number of nitrogens with zero attached hydrogens (tertiary/aromatic N) is 3. The smallest absolute Gasteiger partial charge is 0.247 e. The van der Waals surface area contributed by atoms with E-state index in [0.717, 1.165) is 16.7 Å². The molecule has 1 heterocycles. The predicted molar refractivity (Wildman–Crippen MR) is 114 cm³/mol. The van der Waals surface area contributed by atoms with E-state index >= 15 is 0 Å². The number of nitriles is 1. The third kappa shape index (κ3) is 4.53. The van der Waals surface area contributed by atoms with Gasteiger partial charge in [-0.1, -0.05) is 29.3 Å². The molecule has 1 fully saturated rings. The van der Waals surface area contributed by atoms with E-state index in [1.54, 1.807) is 17.0 Å². The second-order valence-electron chi connectivity index (χ2n) is 7.55. The molecule has 1 saturated heterocycles. The second-order valence-corrected chi connectivity index (χ2v) is 9.41. The number of rotatable bonds is 7. The van der Waals surface area contributed by atoms with E-state index in [1.807, 2.05) is 26.0 Å². The van der Waals surface area contributed by atoms with Gasteiger partial charge in [-0.25, -0.2) is 8.42 Å². The molecule has 2 aromatic carbocycles. The molecule has 0 bridgehead atoms. The molecule has 160 valence electrons. The number of sulfonamides is 1.